The Morgan fingerprint density at radius 2 is 1.71 bits per heavy atom. The third-order valence-corrected chi connectivity index (χ3v) is 3.56. The number of aryl methyl sites for hydroxylation is 1. The summed E-state index contributed by atoms with van der Waals surface area (Å²) in [5.41, 5.74) is 1.60. The largest absolute Gasteiger partial charge is 0.319 e. The zero-order valence-corrected chi connectivity index (χ0v) is 13.5. The molecular weight excluding hydrogens is 328 g/mol. The summed E-state index contributed by atoms with van der Waals surface area (Å²) < 4.78 is 0. The van der Waals surface area contributed by atoms with Gasteiger partial charge in [0.1, 0.15) is 5.82 Å². The predicted octanol–water partition coefficient (Wildman–Crippen LogP) is 3.25. The number of halogens is 1. The molecule has 120 valence electrons. The molecule has 1 heterocycles. The monoisotopic (exact) mass is 340 g/mol. The maximum Gasteiger partial charge on any atom is 0.296 e. The first kappa shape index (κ1) is 15.9. The molecule has 3 aromatic rings. The van der Waals surface area contributed by atoms with E-state index in [9.17, 15) is 9.59 Å². The van der Waals surface area contributed by atoms with Gasteiger partial charge in [-0.1, -0.05) is 11.6 Å². The smallest absolute Gasteiger partial charge is 0.296 e. The van der Waals surface area contributed by atoms with Gasteiger partial charge in [-0.3, -0.25) is 14.7 Å². The van der Waals surface area contributed by atoms with E-state index >= 15 is 0 Å². The second kappa shape index (κ2) is 6.64. The summed E-state index contributed by atoms with van der Waals surface area (Å²) in [6.45, 7) is 1.81. The van der Waals surface area contributed by atoms with E-state index in [1.54, 1.807) is 36.4 Å². The van der Waals surface area contributed by atoms with Gasteiger partial charge in [0.2, 0.25) is 0 Å². The van der Waals surface area contributed by atoms with Gasteiger partial charge in [-0.2, -0.15) is 5.10 Å². The minimum Gasteiger partial charge on any atom is -0.319 e. The van der Waals surface area contributed by atoms with Gasteiger partial charge in [0.05, 0.1) is 0 Å². The minimum absolute atomic E-state index is 0.282. The van der Waals surface area contributed by atoms with Crippen molar-refractivity contribution in [1.82, 2.24) is 15.2 Å². The van der Waals surface area contributed by atoms with Crippen molar-refractivity contribution < 1.29 is 9.59 Å². The van der Waals surface area contributed by atoms with Crippen molar-refractivity contribution in [2.75, 3.05) is 5.32 Å². The molecule has 24 heavy (non-hydrogen) atoms. The number of anilines is 1. The van der Waals surface area contributed by atoms with Crippen molar-refractivity contribution >= 4 is 29.0 Å². The Labute approximate surface area is 142 Å². The highest BCUT2D eigenvalue weighted by Crippen LogP contribution is 2.18. The molecule has 0 aliphatic heterocycles. The van der Waals surface area contributed by atoms with Crippen LogP contribution >= 0.6 is 11.6 Å². The van der Waals surface area contributed by atoms with Gasteiger partial charge >= 0.3 is 0 Å². The average Bonchev–Trinajstić information content (AvgIpc) is 3.02. The van der Waals surface area contributed by atoms with Crippen LogP contribution in [0.5, 0.6) is 0 Å². The van der Waals surface area contributed by atoms with Gasteiger partial charge in [0, 0.05) is 21.8 Å². The van der Waals surface area contributed by atoms with Gasteiger partial charge in [0.15, 0.2) is 5.82 Å². The Bertz CT molecular complexity index is 886. The van der Waals surface area contributed by atoms with E-state index in [-0.39, 0.29) is 5.56 Å². The summed E-state index contributed by atoms with van der Waals surface area (Å²) in [6.07, 6.45) is 0. The highest BCUT2D eigenvalue weighted by atomic mass is 35.5. The molecule has 0 aliphatic rings. The Balaban J connectivity index is 1.70. The minimum atomic E-state index is -0.709. The molecule has 0 atom stereocenters. The van der Waals surface area contributed by atoms with Crippen molar-refractivity contribution in [3.8, 4) is 11.4 Å². The average molecular weight is 341 g/mol. The molecule has 6 nitrogen and oxygen atoms in total. The molecule has 1 amide bonds. The number of Topliss-reactive ketones (excluding diaryl/α,β-unsaturated/α-hetero) is 1. The maximum absolute atomic E-state index is 12.1. The van der Waals surface area contributed by atoms with Crippen LogP contribution in [0.1, 0.15) is 16.2 Å². The third-order valence-electron chi connectivity index (χ3n) is 3.31. The number of aromatic amines is 1. The molecule has 1 aromatic heterocycles. The number of aromatic nitrogens is 3. The Kier molecular flexibility index (Phi) is 4.39. The Hall–Kier alpha value is -2.99. The summed E-state index contributed by atoms with van der Waals surface area (Å²) >= 11 is 5.77. The van der Waals surface area contributed by atoms with Crippen LogP contribution in [0.2, 0.25) is 5.02 Å². The van der Waals surface area contributed by atoms with E-state index in [0.29, 0.717) is 16.5 Å². The van der Waals surface area contributed by atoms with Crippen LogP contribution in [0.3, 0.4) is 0 Å². The number of amides is 1. The van der Waals surface area contributed by atoms with Crippen LogP contribution in [-0.2, 0) is 4.79 Å². The molecule has 0 saturated heterocycles. The van der Waals surface area contributed by atoms with E-state index in [1.807, 2.05) is 6.92 Å². The van der Waals surface area contributed by atoms with E-state index in [0.717, 1.165) is 11.4 Å². The topological polar surface area (TPSA) is 87.7 Å². The summed E-state index contributed by atoms with van der Waals surface area (Å²) in [5.74, 6) is -0.0438. The first-order valence-electron chi connectivity index (χ1n) is 7.13. The fourth-order valence-electron chi connectivity index (χ4n) is 2.09. The predicted molar refractivity (Wildman–Crippen MR) is 91.0 cm³/mol. The number of benzene rings is 2. The number of ketones is 1. The highest BCUT2D eigenvalue weighted by molar-refractivity contribution is 6.46. The SMILES string of the molecule is Cc1nc(-c2ccc(NC(=O)C(=O)c3ccc(Cl)cc3)cc2)n[nH]1. The van der Waals surface area contributed by atoms with Gasteiger partial charge in [-0.25, -0.2) is 4.98 Å². The molecule has 3 rings (SSSR count). The molecular formula is C17H13ClN4O2. The maximum atomic E-state index is 12.1. The van der Waals surface area contributed by atoms with Crippen molar-refractivity contribution in [2.45, 2.75) is 6.92 Å². The number of H-pyrrole nitrogens is 1. The second-order valence-corrected chi connectivity index (χ2v) is 5.55. The third kappa shape index (κ3) is 3.49. The molecule has 0 fully saturated rings. The van der Waals surface area contributed by atoms with Crippen LogP contribution in [0.15, 0.2) is 48.5 Å². The summed E-state index contributed by atoms with van der Waals surface area (Å²) in [4.78, 5) is 28.3. The fraction of sp³-hybridized carbons (Fsp3) is 0.0588. The Morgan fingerprint density at radius 1 is 1.04 bits per heavy atom. The molecule has 2 N–H and O–H groups in total. The van der Waals surface area contributed by atoms with E-state index < -0.39 is 11.7 Å². The quantitative estimate of drug-likeness (QED) is 0.563. The zero-order chi connectivity index (χ0) is 17.1. The lowest BCUT2D eigenvalue weighted by Crippen LogP contribution is -2.22. The first-order valence-corrected chi connectivity index (χ1v) is 7.51. The molecule has 7 heteroatoms. The van der Waals surface area contributed by atoms with Crippen molar-refractivity contribution in [3.63, 3.8) is 0 Å². The van der Waals surface area contributed by atoms with Crippen LogP contribution in [-0.4, -0.2) is 26.9 Å². The van der Waals surface area contributed by atoms with Gasteiger partial charge in [0.25, 0.3) is 11.7 Å². The number of nitrogens with one attached hydrogen (secondary N) is 2. The first-order chi connectivity index (χ1) is 11.5. The van der Waals surface area contributed by atoms with Crippen LogP contribution in [0.4, 0.5) is 5.69 Å². The molecule has 0 bridgehead atoms. The highest BCUT2D eigenvalue weighted by Gasteiger charge is 2.16. The van der Waals surface area contributed by atoms with Crippen LogP contribution in [0.25, 0.3) is 11.4 Å². The fourth-order valence-corrected chi connectivity index (χ4v) is 2.22. The lowest BCUT2D eigenvalue weighted by molar-refractivity contribution is -0.112. The van der Waals surface area contributed by atoms with E-state index in [2.05, 4.69) is 20.5 Å². The normalized spacial score (nSPS) is 10.4. The van der Waals surface area contributed by atoms with Crippen LogP contribution < -0.4 is 5.32 Å². The summed E-state index contributed by atoms with van der Waals surface area (Å²) in [5, 5.41) is 9.90. The molecule has 0 spiro atoms. The standard InChI is InChI=1S/C17H13ClN4O2/c1-10-19-16(22-21-10)12-4-8-14(9-5-12)20-17(24)15(23)11-2-6-13(18)7-3-11/h2-9H,1H3,(H,20,24)(H,19,21,22). The number of carbonyl (C=O) groups excluding carboxylic acids is 2. The van der Waals surface area contributed by atoms with E-state index in [4.69, 9.17) is 11.6 Å². The molecule has 0 aliphatic carbocycles. The van der Waals surface area contributed by atoms with Crippen molar-refractivity contribution in [1.29, 1.82) is 0 Å². The number of rotatable bonds is 4. The lowest BCUT2D eigenvalue weighted by Gasteiger charge is -2.05. The molecule has 0 radical (unpaired) electrons. The summed E-state index contributed by atoms with van der Waals surface area (Å²) in [6, 6.07) is 13.1. The van der Waals surface area contributed by atoms with E-state index in [1.165, 1.54) is 12.1 Å². The number of hydrogen-bond acceptors (Lipinski definition) is 4. The lowest BCUT2D eigenvalue weighted by atomic mass is 10.1. The second-order valence-electron chi connectivity index (χ2n) is 5.11. The Morgan fingerprint density at radius 3 is 2.29 bits per heavy atom. The summed E-state index contributed by atoms with van der Waals surface area (Å²) in [7, 11) is 0. The number of hydrogen-bond donors (Lipinski definition) is 2. The zero-order valence-electron chi connectivity index (χ0n) is 12.7. The number of carbonyl (C=O) groups is 2. The van der Waals surface area contributed by atoms with Crippen molar-refractivity contribution in [3.05, 3.63) is 64.9 Å². The van der Waals surface area contributed by atoms with Crippen LogP contribution in [0, 0.1) is 6.92 Å². The van der Waals surface area contributed by atoms with Gasteiger partial charge in [-0.15, -0.1) is 0 Å². The number of nitrogens with zero attached hydrogens (tertiary/aromatic N) is 2. The molecule has 0 saturated carbocycles. The molecule has 2 aromatic carbocycles. The van der Waals surface area contributed by atoms with Gasteiger partial charge in [-0.05, 0) is 55.5 Å². The molecule has 0 unspecified atom stereocenters. The van der Waals surface area contributed by atoms with Crippen molar-refractivity contribution in [2.24, 2.45) is 0 Å². The van der Waals surface area contributed by atoms with Gasteiger partial charge < -0.3 is 5.32 Å².